The average molecular weight is 339 g/mol. The first-order valence-electron chi connectivity index (χ1n) is 7.88. The van der Waals surface area contributed by atoms with Crippen LogP contribution >= 0.6 is 11.6 Å². The van der Waals surface area contributed by atoms with E-state index in [0.29, 0.717) is 16.3 Å². The molecule has 0 spiro atoms. The molecule has 1 aromatic heterocycles. The smallest absolute Gasteiger partial charge is 0.253 e. The Kier molecular flexibility index (Phi) is 4.54. The summed E-state index contributed by atoms with van der Waals surface area (Å²) in [6.07, 6.45) is 0. The summed E-state index contributed by atoms with van der Waals surface area (Å²) in [5.41, 5.74) is 4.34. The fourth-order valence-electron chi connectivity index (χ4n) is 2.76. The Morgan fingerprint density at radius 3 is 2.67 bits per heavy atom. The lowest BCUT2D eigenvalue weighted by Crippen LogP contribution is -2.27. The molecule has 0 fully saturated rings. The molecule has 0 unspecified atom stereocenters. The van der Waals surface area contributed by atoms with Crippen molar-refractivity contribution in [2.75, 3.05) is 0 Å². The van der Waals surface area contributed by atoms with Gasteiger partial charge in [0.15, 0.2) is 0 Å². The topological polar surface area (TPSA) is 42.0 Å². The molecule has 122 valence electrons. The molecule has 0 aliphatic rings. The van der Waals surface area contributed by atoms with Crippen molar-refractivity contribution in [2.45, 2.75) is 26.8 Å². The van der Waals surface area contributed by atoms with E-state index < -0.39 is 0 Å². The van der Waals surface area contributed by atoms with Crippen molar-refractivity contribution in [2.24, 2.45) is 0 Å². The second kappa shape index (κ2) is 6.62. The second-order valence-corrected chi connectivity index (χ2v) is 6.50. The van der Waals surface area contributed by atoms with Crippen LogP contribution in [0.15, 0.2) is 48.5 Å². The minimum atomic E-state index is -0.120. The Morgan fingerprint density at radius 2 is 1.92 bits per heavy atom. The van der Waals surface area contributed by atoms with E-state index in [4.69, 9.17) is 11.6 Å². The number of amides is 1. The Balaban J connectivity index is 1.88. The fourth-order valence-corrected chi connectivity index (χ4v) is 2.93. The van der Waals surface area contributed by atoms with Gasteiger partial charge in [0.2, 0.25) is 0 Å². The summed E-state index contributed by atoms with van der Waals surface area (Å²) in [6.45, 7) is 5.86. The Hall–Kier alpha value is -2.39. The monoisotopic (exact) mass is 338 g/mol. The summed E-state index contributed by atoms with van der Waals surface area (Å²) in [5.74, 6) is -0.120. The Bertz CT molecular complexity index is 921. The van der Waals surface area contributed by atoms with Crippen molar-refractivity contribution in [1.82, 2.24) is 10.3 Å². The second-order valence-electron chi connectivity index (χ2n) is 6.07. The number of pyridine rings is 1. The molecule has 24 heavy (non-hydrogen) atoms. The van der Waals surface area contributed by atoms with Gasteiger partial charge in [-0.3, -0.25) is 9.78 Å². The molecule has 2 aromatic carbocycles. The number of nitrogens with zero attached hydrogens (tertiary/aromatic N) is 1. The Morgan fingerprint density at radius 1 is 1.12 bits per heavy atom. The molecular weight excluding hydrogens is 320 g/mol. The minimum absolute atomic E-state index is 0.0716. The number of fused-ring (bicyclic) bond motifs is 1. The lowest BCUT2D eigenvalue weighted by molar-refractivity contribution is 0.0939. The molecule has 1 N–H and O–H groups in total. The summed E-state index contributed by atoms with van der Waals surface area (Å²) in [7, 11) is 0. The van der Waals surface area contributed by atoms with Crippen molar-refractivity contribution in [3.05, 3.63) is 75.9 Å². The molecule has 0 aliphatic heterocycles. The van der Waals surface area contributed by atoms with E-state index in [1.165, 1.54) is 5.56 Å². The highest BCUT2D eigenvalue weighted by atomic mass is 35.5. The van der Waals surface area contributed by atoms with Gasteiger partial charge in [-0.1, -0.05) is 47.5 Å². The van der Waals surface area contributed by atoms with Crippen LogP contribution in [-0.2, 0) is 0 Å². The number of hydrogen-bond acceptors (Lipinski definition) is 2. The van der Waals surface area contributed by atoms with Gasteiger partial charge >= 0.3 is 0 Å². The van der Waals surface area contributed by atoms with Crippen LogP contribution < -0.4 is 5.32 Å². The lowest BCUT2D eigenvalue weighted by atomic mass is 10.0. The first-order chi connectivity index (χ1) is 11.4. The SMILES string of the molecule is Cc1cccc([C@@H](C)NC(=O)c2cc3ccc(Cl)cc3nc2C)c1. The maximum atomic E-state index is 12.7. The maximum absolute atomic E-state index is 12.7. The molecule has 3 rings (SSSR count). The molecule has 3 aromatic rings. The zero-order valence-electron chi connectivity index (χ0n) is 13.9. The van der Waals surface area contributed by atoms with Crippen LogP contribution in [0.1, 0.15) is 40.1 Å². The van der Waals surface area contributed by atoms with E-state index in [2.05, 4.69) is 16.4 Å². The number of carbonyl (C=O) groups excluding carboxylic acids is 1. The summed E-state index contributed by atoms with van der Waals surface area (Å²) in [5, 5.41) is 4.59. The quantitative estimate of drug-likeness (QED) is 0.730. The highest BCUT2D eigenvalue weighted by Gasteiger charge is 2.15. The lowest BCUT2D eigenvalue weighted by Gasteiger charge is -2.16. The number of rotatable bonds is 3. The predicted octanol–water partition coefficient (Wildman–Crippen LogP) is 5.00. The van der Waals surface area contributed by atoms with Crippen molar-refractivity contribution in [3.63, 3.8) is 0 Å². The van der Waals surface area contributed by atoms with Gasteiger partial charge in [0.1, 0.15) is 0 Å². The van der Waals surface area contributed by atoms with Crippen LogP contribution in [0.2, 0.25) is 5.02 Å². The van der Waals surface area contributed by atoms with Gasteiger partial charge in [0.05, 0.1) is 22.8 Å². The normalized spacial score (nSPS) is 12.2. The molecule has 4 heteroatoms. The molecule has 3 nitrogen and oxygen atoms in total. The highest BCUT2D eigenvalue weighted by molar-refractivity contribution is 6.31. The number of benzene rings is 2. The number of halogens is 1. The van der Waals surface area contributed by atoms with Gasteiger partial charge in [-0.15, -0.1) is 0 Å². The number of hydrogen-bond donors (Lipinski definition) is 1. The number of nitrogens with one attached hydrogen (secondary N) is 1. The molecule has 0 aliphatic carbocycles. The molecular formula is C20H19ClN2O. The molecule has 0 saturated heterocycles. The number of carbonyl (C=O) groups is 1. The van der Waals surface area contributed by atoms with Crippen molar-refractivity contribution >= 4 is 28.4 Å². The number of aromatic nitrogens is 1. The summed E-state index contributed by atoms with van der Waals surface area (Å²) < 4.78 is 0. The van der Waals surface area contributed by atoms with Crippen LogP contribution in [0, 0.1) is 13.8 Å². The third-order valence-corrected chi connectivity index (χ3v) is 4.34. The third-order valence-electron chi connectivity index (χ3n) is 4.10. The van der Waals surface area contributed by atoms with E-state index in [1.54, 1.807) is 12.1 Å². The van der Waals surface area contributed by atoms with Gasteiger partial charge in [-0.2, -0.15) is 0 Å². The van der Waals surface area contributed by atoms with E-state index in [1.807, 2.05) is 51.1 Å². The van der Waals surface area contributed by atoms with Crippen LogP contribution in [0.25, 0.3) is 10.9 Å². The zero-order chi connectivity index (χ0) is 17.3. The summed E-state index contributed by atoms with van der Waals surface area (Å²) in [4.78, 5) is 17.2. The van der Waals surface area contributed by atoms with E-state index in [0.717, 1.165) is 16.5 Å². The van der Waals surface area contributed by atoms with Gasteiger partial charge in [0.25, 0.3) is 5.91 Å². The van der Waals surface area contributed by atoms with Gasteiger partial charge in [-0.25, -0.2) is 0 Å². The predicted molar refractivity (Wildman–Crippen MR) is 98.6 cm³/mol. The van der Waals surface area contributed by atoms with E-state index in [-0.39, 0.29) is 11.9 Å². The van der Waals surface area contributed by atoms with E-state index in [9.17, 15) is 4.79 Å². The maximum Gasteiger partial charge on any atom is 0.253 e. The van der Waals surface area contributed by atoms with Crippen LogP contribution in [0.4, 0.5) is 0 Å². The molecule has 1 amide bonds. The molecule has 0 bridgehead atoms. The van der Waals surface area contributed by atoms with Crippen LogP contribution in [-0.4, -0.2) is 10.9 Å². The fraction of sp³-hybridized carbons (Fsp3) is 0.200. The summed E-state index contributed by atoms with van der Waals surface area (Å²) in [6, 6.07) is 15.4. The van der Waals surface area contributed by atoms with Crippen LogP contribution in [0.3, 0.4) is 0 Å². The largest absolute Gasteiger partial charge is 0.345 e. The van der Waals surface area contributed by atoms with Gasteiger partial charge < -0.3 is 5.32 Å². The average Bonchev–Trinajstić information content (AvgIpc) is 2.53. The molecule has 0 saturated carbocycles. The van der Waals surface area contributed by atoms with Crippen molar-refractivity contribution < 1.29 is 4.79 Å². The van der Waals surface area contributed by atoms with Gasteiger partial charge in [0, 0.05) is 10.4 Å². The highest BCUT2D eigenvalue weighted by Crippen LogP contribution is 2.21. The van der Waals surface area contributed by atoms with Crippen LogP contribution in [0.5, 0.6) is 0 Å². The first-order valence-corrected chi connectivity index (χ1v) is 8.26. The van der Waals surface area contributed by atoms with Crippen molar-refractivity contribution in [3.8, 4) is 0 Å². The first kappa shape index (κ1) is 16.5. The minimum Gasteiger partial charge on any atom is -0.345 e. The van der Waals surface area contributed by atoms with Crippen molar-refractivity contribution in [1.29, 1.82) is 0 Å². The summed E-state index contributed by atoms with van der Waals surface area (Å²) >= 11 is 6.00. The van der Waals surface area contributed by atoms with E-state index >= 15 is 0 Å². The molecule has 1 atom stereocenters. The standard InChI is InChI=1S/C20H19ClN2O/c1-12-5-4-6-15(9-12)13(2)23-20(24)18-10-16-7-8-17(21)11-19(16)22-14(18)3/h4-11,13H,1-3H3,(H,23,24)/t13-/m1/s1. The third kappa shape index (κ3) is 3.41. The number of aryl methyl sites for hydroxylation is 2. The molecule has 1 heterocycles. The van der Waals surface area contributed by atoms with Gasteiger partial charge in [-0.05, 0) is 44.5 Å². The zero-order valence-corrected chi connectivity index (χ0v) is 14.7. The molecule has 0 radical (unpaired) electrons. The Labute approximate surface area is 146 Å².